The van der Waals surface area contributed by atoms with Gasteiger partial charge in [-0.2, -0.15) is 0 Å². The molecule has 0 aliphatic carbocycles. The number of alkyl halides is 3. The summed E-state index contributed by atoms with van der Waals surface area (Å²) < 4.78 is 37.3. The van der Waals surface area contributed by atoms with E-state index in [0.717, 1.165) is 13.5 Å². The number of hydrogen-bond acceptors (Lipinski definition) is 2. The van der Waals surface area contributed by atoms with Gasteiger partial charge in [0.05, 0.1) is 6.04 Å². The van der Waals surface area contributed by atoms with E-state index in [1.165, 1.54) is 0 Å². The summed E-state index contributed by atoms with van der Waals surface area (Å²) >= 11 is 0. The van der Waals surface area contributed by atoms with Gasteiger partial charge in [0, 0.05) is 13.5 Å². The summed E-state index contributed by atoms with van der Waals surface area (Å²) in [5.41, 5.74) is 0. The Balaban J connectivity index is 2.71. The molecule has 0 aromatic carbocycles. The average molecular weight is 210 g/mol. The SMILES string of the molecule is CC(=O)N(C1CCCNC1)C(F)(F)F. The van der Waals surface area contributed by atoms with Crippen LogP contribution in [0.1, 0.15) is 19.8 Å². The van der Waals surface area contributed by atoms with Crippen molar-refractivity contribution in [3.63, 3.8) is 0 Å². The van der Waals surface area contributed by atoms with Crippen LogP contribution >= 0.6 is 0 Å². The Morgan fingerprint density at radius 3 is 2.50 bits per heavy atom. The molecule has 0 radical (unpaired) electrons. The minimum atomic E-state index is -4.56. The van der Waals surface area contributed by atoms with E-state index in [9.17, 15) is 18.0 Å². The van der Waals surface area contributed by atoms with Gasteiger partial charge in [0.15, 0.2) is 0 Å². The Morgan fingerprint density at radius 2 is 2.14 bits per heavy atom. The fourth-order valence-electron chi connectivity index (χ4n) is 1.70. The maximum Gasteiger partial charge on any atom is 0.487 e. The zero-order chi connectivity index (χ0) is 10.8. The van der Waals surface area contributed by atoms with E-state index in [4.69, 9.17) is 0 Å². The maximum absolute atomic E-state index is 12.4. The third-order valence-electron chi connectivity index (χ3n) is 2.25. The topological polar surface area (TPSA) is 32.3 Å². The second-order valence-corrected chi connectivity index (χ2v) is 3.36. The first-order valence-corrected chi connectivity index (χ1v) is 4.50. The molecule has 1 saturated heterocycles. The molecule has 14 heavy (non-hydrogen) atoms. The zero-order valence-electron chi connectivity index (χ0n) is 7.90. The van der Waals surface area contributed by atoms with Gasteiger partial charge in [-0.3, -0.25) is 4.79 Å². The van der Waals surface area contributed by atoms with Gasteiger partial charge in [0.2, 0.25) is 5.91 Å². The van der Waals surface area contributed by atoms with Crippen molar-refractivity contribution >= 4 is 5.91 Å². The third-order valence-corrected chi connectivity index (χ3v) is 2.25. The molecule has 0 aromatic heterocycles. The molecule has 1 amide bonds. The number of carbonyl (C=O) groups is 1. The quantitative estimate of drug-likeness (QED) is 0.657. The number of piperidine rings is 1. The summed E-state index contributed by atoms with van der Waals surface area (Å²) in [6.45, 7) is 1.89. The predicted molar refractivity (Wildman–Crippen MR) is 44.5 cm³/mol. The van der Waals surface area contributed by atoms with Gasteiger partial charge < -0.3 is 5.32 Å². The van der Waals surface area contributed by atoms with Gasteiger partial charge in [0.25, 0.3) is 0 Å². The molecular formula is C8H13F3N2O. The number of nitrogens with one attached hydrogen (secondary N) is 1. The molecule has 1 heterocycles. The van der Waals surface area contributed by atoms with Crippen LogP contribution in [0.3, 0.4) is 0 Å². The summed E-state index contributed by atoms with van der Waals surface area (Å²) in [4.78, 5) is 10.9. The second kappa shape index (κ2) is 4.16. The van der Waals surface area contributed by atoms with Crippen molar-refractivity contribution in [3.05, 3.63) is 0 Å². The third kappa shape index (κ3) is 2.60. The lowest BCUT2D eigenvalue weighted by molar-refractivity contribution is -0.251. The summed E-state index contributed by atoms with van der Waals surface area (Å²) in [7, 11) is 0. The summed E-state index contributed by atoms with van der Waals surface area (Å²) in [6, 6.07) is -0.749. The highest BCUT2D eigenvalue weighted by Gasteiger charge is 2.43. The first-order chi connectivity index (χ1) is 6.43. The predicted octanol–water partition coefficient (Wildman–Crippen LogP) is 1.11. The number of amides is 1. The Bertz CT molecular complexity index is 211. The largest absolute Gasteiger partial charge is 0.487 e. The first kappa shape index (κ1) is 11.3. The van der Waals surface area contributed by atoms with Crippen molar-refractivity contribution in [2.24, 2.45) is 0 Å². The molecule has 1 aliphatic heterocycles. The molecule has 1 rings (SSSR count). The number of nitrogens with zero attached hydrogens (tertiary/aromatic N) is 1. The molecule has 1 atom stereocenters. The second-order valence-electron chi connectivity index (χ2n) is 3.36. The van der Waals surface area contributed by atoms with E-state index in [1.54, 1.807) is 0 Å². The van der Waals surface area contributed by atoms with Crippen LogP contribution in [-0.2, 0) is 4.79 Å². The van der Waals surface area contributed by atoms with Gasteiger partial charge in [-0.1, -0.05) is 0 Å². The number of carbonyl (C=O) groups excluding carboxylic acids is 1. The highest BCUT2D eigenvalue weighted by atomic mass is 19.4. The zero-order valence-corrected chi connectivity index (χ0v) is 7.90. The minimum absolute atomic E-state index is 0.0131. The summed E-state index contributed by atoms with van der Waals surface area (Å²) in [5.74, 6) is -0.939. The smallest absolute Gasteiger partial charge is 0.315 e. The van der Waals surface area contributed by atoms with Gasteiger partial charge in [-0.25, -0.2) is 4.90 Å². The normalized spacial score (nSPS) is 23.3. The molecule has 6 heteroatoms. The number of halogens is 3. The van der Waals surface area contributed by atoms with Crippen molar-refractivity contribution in [1.29, 1.82) is 0 Å². The number of hydrogen-bond donors (Lipinski definition) is 1. The molecule has 0 aromatic rings. The van der Waals surface area contributed by atoms with Crippen molar-refractivity contribution < 1.29 is 18.0 Å². The van der Waals surface area contributed by atoms with E-state index in [2.05, 4.69) is 5.32 Å². The van der Waals surface area contributed by atoms with Crippen LogP contribution in [0.5, 0.6) is 0 Å². The van der Waals surface area contributed by atoms with Crippen LogP contribution in [0, 0.1) is 0 Å². The van der Waals surface area contributed by atoms with Crippen molar-refractivity contribution in [1.82, 2.24) is 10.2 Å². The molecule has 1 aliphatic rings. The minimum Gasteiger partial charge on any atom is -0.315 e. The van der Waals surface area contributed by atoms with Crippen LogP contribution in [0.4, 0.5) is 13.2 Å². The van der Waals surface area contributed by atoms with E-state index in [1.807, 2.05) is 0 Å². The summed E-state index contributed by atoms with van der Waals surface area (Å²) in [6.07, 6.45) is -3.48. The fourth-order valence-corrected chi connectivity index (χ4v) is 1.70. The Kier molecular flexibility index (Phi) is 3.36. The molecule has 0 bridgehead atoms. The van der Waals surface area contributed by atoms with Crippen LogP contribution in [0.2, 0.25) is 0 Å². The first-order valence-electron chi connectivity index (χ1n) is 4.50. The van der Waals surface area contributed by atoms with E-state index >= 15 is 0 Å². The van der Waals surface area contributed by atoms with Crippen LogP contribution < -0.4 is 5.32 Å². The summed E-state index contributed by atoms with van der Waals surface area (Å²) in [5, 5.41) is 2.85. The molecule has 1 fully saturated rings. The maximum atomic E-state index is 12.4. The van der Waals surface area contributed by atoms with E-state index in [0.29, 0.717) is 12.8 Å². The standard InChI is InChI=1S/C8H13F3N2O/c1-6(14)13(8(9,10)11)7-3-2-4-12-5-7/h7,12H,2-5H2,1H3. The molecule has 82 valence electrons. The highest BCUT2D eigenvalue weighted by molar-refractivity contribution is 5.74. The van der Waals surface area contributed by atoms with Crippen LogP contribution in [0.15, 0.2) is 0 Å². The Hall–Kier alpha value is -0.780. The van der Waals surface area contributed by atoms with Crippen LogP contribution in [0.25, 0.3) is 0 Å². The molecule has 1 unspecified atom stereocenters. The molecule has 3 nitrogen and oxygen atoms in total. The lowest BCUT2D eigenvalue weighted by Gasteiger charge is -2.34. The fraction of sp³-hybridized carbons (Fsp3) is 0.875. The van der Waals surface area contributed by atoms with E-state index < -0.39 is 18.2 Å². The Morgan fingerprint density at radius 1 is 1.50 bits per heavy atom. The van der Waals surface area contributed by atoms with Crippen molar-refractivity contribution in [2.75, 3.05) is 13.1 Å². The average Bonchev–Trinajstić information content (AvgIpc) is 2.02. The van der Waals surface area contributed by atoms with E-state index in [-0.39, 0.29) is 11.4 Å². The monoisotopic (exact) mass is 210 g/mol. The van der Waals surface area contributed by atoms with Crippen molar-refractivity contribution in [2.45, 2.75) is 32.1 Å². The molecular weight excluding hydrogens is 197 g/mol. The van der Waals surface area contributed by atoms with Crippen molar-refractivity contribution in [3.8, 4) is 0 Å². The molecule has 0 saturated carbocycles. The van der Waals surface area contributed by atoms with Gasteiger partial charge in [-0.15, -0.1) is 13.2 Å². The molecule has 0 spiro atoms. The van der Waals surface area contributed by atoms with Gasteiger partial charge in [0.1, 0.15) is 0 Å². The van der Waals surface area contributed by atoms with Gasteiger partial charge >= 0.3 is 6.30 Å². The number of rotatable bonds is 1. The lowest BCUT2D eigenvalue weighted by atomic mass is 10.1. The lowest BCUT2D eigenvalue weighted by Crippen LogP contribution is -2.54. The highest BCUT2D eigenvalue weighted by Crippen LogP contribution is 2.26. The van der Waals surface area contributed by atoms with Crippen LogP contribution in [-0.4, -0.2) is 36.2 Å². The Labute approximate surface area is 80.3 Å². The van der Waals surface area contributed by atoms with Gasteiger partial charge in [-0.05, 0) is 19.4 Å². The molecule has 1 N–H and O–H groups in total.